The number of anilines is 1. The number of sulfonamides is 1. The predicted octanol–water partition coefficient (Wildman–Crippen LogP) is 6.76. The fourth-order valence-electron chi connectivity index (χ4n) is 5.90. The molecule has 0 unspecified atom stereocenters. The lowest BCUT2D eigenvalue weighted by molar-refractivity contribution is -0.138. The zero-order valence-corrected chi connectivity index (χ0v) is 28.1. The van der Waals surface area contributed by atoms with E-state index in [1.165, 1.54) is 49.5 Å². The lowest BCUT2D eigenvalue weighted by Gasteiger charge is -2.32. The molecular weight excluding hydrogens is 651 g/mol. The number of benzene rings is 3. The van der Waals surface area contributed by atoms with Crippen LogP contribution in [0.3, 0.4) is 0 Å². The van der Waals surface area contributed by atoms with Crippen molar-refractivity contribution in [2.45, 2.75) is 70.4 Å². The van der Waals surface area contributed by atoms with Gasteiger partial charge in [-0.25, -0.2) is 12.8 Å². The summed E-state index contributed by atoms with van der Waals surface area (Å²) >= 11 is 0. The Labute approximate surface area is 276 Å². The van der Waals surface area contributed by atoms with E-state index in [2.05, 4.69) is 5.32 Å². The van der Waals surface area contributed by atoms with Crippen molar-refractivity contribution in [2.75, 3.05) is 17.6 Å². The number of halogens is 4. The van der Waals surface area contributed by atoms with Gasteiger partial charge in [0.25, 0.3) is 5.91 Å². The Morgan fingerprint density at radius 2 is 1.62 bits per heavy atom. The zero-order chi connectivity index (χ0) is 35.0. The van der Waals surface area contributed by atoms with Crippen LogP contribution in [0.4, 0.5) is 23.2 Å². The maximum absolute atomic E-state index is 14.6. The number of hydrogen-bond donors (Lipinski definition) is 1. The summed E-state index contributed by atoms with van der Waals surface area (Å²) in [6.07, 6.45) is -2.44. The quantitative estimate of drug-likeness (QED) is 0.163. The van der Waals surface area contributed by atoms with Crippen LogP contribution in [0.25, 0.3) is 22.3 Å². The van der Waals surface area contributed by atoms with Crippen molar-refractivity contribution in [3.05, 3.63) is 82.7 Å². The second-order valence-corrected chi connectivity index (χ2v) is 15.3. The van der Waals surface area contributed by atoms with E-state index in [0.29, 0.717) is 16.5 Å². The van der Waals surface area contributed by atoms with Gasteiger partial charge in [0.05, 0.1) is 40.8 Å². The molecule has 1 amide bonds. The van der Waals surface area contributed by atoms with Crippen LogP contribution >= 0.6 is 0 Å². The normalized spacial score (nSPS) is 17.6. The Morgan fingerprint density at radius 1 is 1.00 bits per heavy atom. The van der Waals surface area contributed by atoms with Crippen LogP contribution in [0.2, 0.25) is 0 Å². The molecule has 2 fully saturated rings. The van der Waals surface area contributed by atoms with Crippen LogP contribution in [0.15, 0.2) is 59.0 Å². The number of hydrogen-bond acceptors (Lipinski definition) is 6. The number of fused-ring (bicyclic) bond motifs is 1. The topological polar surface area (TPSA) is 98.1 Å². The molecule has 1 aliphatic heterocycles. The van der Waals surface area contributed by atoms with E-state index in [4.69, 9.17) is 13.7 Å². The molecule has 1 N–H and O–H groups in total. The van der Waals surface area contributed by atoms with Gasteiger partial charge in [0.1, 0.15) is 17.2 Å². The maximum Gasteiger partial charge on any atom is 0.494 e. The Balaban J connectivity index is 1.48. The lowest BCUT2D eigenvalue weighted by Crippen LogP contribution is -2.41. The first kappa shape index (κ1) is 34.0. The fraction of sp³-hybridized carbons (Fsp3) is 0.382. The van der Waals surface area contributed by atoms with E-state index >= 15 is 0 Å². The van der Waals surface area contributed by atoms with Gasteiger partial charge in [-0.1, -0.05) is 12.1 Å². The van der Waals surface area contributed by atoms with Crippen molar-refractivity contribution in [3.63, 3.8) is 0 Å². The van der Waals surface area contributed by atoms with Crippen molar-refractivity contribution in [1.29, 1.82) is 0 Å². The molecule has 1 aliphatic carbocycles. The van der Waals surface area contributed by atoms with Crippen LogP contribution in [0.5, 0.6) is 0 Å². The second-order valence-electron chi connectivity index (χ2n) is 13.3. The minimum Gasteiger partial charge on any atom is -0.455 e. The summed E-state index contributed by atoms with van der Waals surface area (Å²) in [7, 11) is -3.76. The third kappa shape index (κ3) is 6.21. The summed E-state index contributed by atoms with van der Waals surface area (Å²) in [6, 6.07) is 12.1. The molecule has 14 heteroatoms. The zero-order valence-electron chi connectivity index (χ0n) is 27.3. The molecule has 6 rings (SSSR count). The Morgan fingerprint density at radius 3 is 2.17 bits per heavy atom. The van der Waals surface area contributed by atoms with E-state index in [9.17, 15) is 30.8 Å². The van der Waals surface area contributed by atoms with Gasteiger partial charge in [-0.15, -0.1) is 0 Å². The molecule has 1 aromatic heterocycles. The summed E-state index contributed by atoms with van der Waals surface area (Å²) in [5.41, 5.74) is -1.24. The van der Waals surface area contributed by atoms with Gasteiger partial charge in [-0.2, -0.15) is 13.2 Å². The summed E-state index contributed by atoms with van der Waals surface area (Å²) in [4.78, 5) is 13.1. The predicted molar refractivity (Wildman–Crippen MR) is 175 cm³/mol. The third-order valence-corrected chi connectivity index (χ3v) is 10.5. The van der Waals surface area contributed by atoms with Gasteiger partial charge < -0.3 is 19.0 Å². The molecule has 2 heterocycles. The van der Waals surface area contributed by atoms with Crippen LogP contribution < -0.4 is 15.1 Å². The summed E-state index contributed by atoms with van der Waals surface area (Å²) in [6.45, 7) is 6.55. The van der Waals surface area contributed by atoms with Gasteiger partial charge in [0.2, 0.25) is 10.0 Å². The van der Waals surface area contributed by atoms with Crippen molar-refractivity contribution in [2.24, 2.45) is 0 Å². The highest BCUT2D eigenvalue weighted by Crippen LogP contribution is 2.48. The molecular formula is C34H35BF4N2O6S. The van der Waals surface area contributed by atoms with Crippen LogP contribution in [-0.4, -0.2) is 45.9 Å². The number of nitrogens with one attached hydrogen (secondary N) is 1. The number of carbonyl (C=O) groups is 1. The Hall–Kier alpha value is -3.88. The van der Waals surface area contributed by atoms with E-state index < -0.39 is 58.4 Å². The molecule has 0 bridgehead atoms. The highest BCUT2D eigenvalue weighted by Gasteiger charge is 2.52. The molecule has 48 heavy (non-hydrogen) atoms. The van der Waals surface area contributed by atoms with Gasteiger partial charge in [0.15, 0.2) is 0 Å². The van der Waals surface area contributed by atoms with Crippen molar-refractivity contribution in [3.8, 4) is 11.3 Å². The van der Waals surface area contributed by atoms with Gasteiger partial charge >= 0.3 is 13.3 Å². The van der Waals surface area contributed by atoms with Crippen molar-refractivity contribution in [1.82, 2.24) is 5.32 Å². The molecule has 4 aromatic rings. The molecule has 254 valence electrons. The van der Waals surface area contributed by atoms with Gasteiger partial charge in [-0.05, 0) is 99.4 Å². The van der Waals surface area contributed by atoms with E-state index in [-0.39, 0.29) is 39.5 Å². The van der Waals surface area contributed by atoms with Crippen molar-refractivity contribution < 1.29 is 44.5 Å². The lowest BCUT2D eigenvalue weighted by atomic mass is 9.77. The average Bonchev–Trinajstić information content (AvgIpc) is 3.73. The molecule has 3 aromatic carbocycles. The summed E-state index contributed by atoms with van der Waals surface area (Å²) in [5.74, 6) is -0.893. The van der Waals surface area contributed by atoms with E-state index in [0.717, 1.165) is 29.5 Å². The smallest absolute Gasteiger partial charge is 0.455 e. The summed E-state index contributed by atoms with van der Waals surface area (Å²) < 4.78 is 103. The number of alkyl halides is 3. The Bertz CT molecular complexity index is 2010. The van der Waals surface area contributed by atoms with Crippen LogP contribution in [-0.2, 0) is 32.1 Å². The van der Waals surface area contributed by atoms with Gasteiger partial charge in [0, 0.05) is 24.1 Å². The second kappa shape index (κ2) is 11.6. The average molecular weight is 687 g/mol. The van der Waals surface area contributed by atoms with Crippen LogP contribution in [0, 0.1) is 5.82 Å². The first-order valence-corrected chi connectivity index (χ1v) is 17.3. The highest BCUT2D eigenvalue weighted by molar-refractivity contribution is 7.92. The van der Waals surface area contributed by atoms with E-state index in [1.807, 2.05) is 0 Å². The number of rotatable bonds is 8. The SMILES string of the molecule is CNC(=O)c1c(-c2ccc(F)cc2)oc2cc(N(Cc3ccc(B4OC(C)(C)C(C)(C)O4)cc3C(F)(F)F)S(C)(=O)=O)c(C3CC3)cc12. The van der Waals surface area contributed by atoms with Gasteiger partial charge in [-0.3, -0.25) is 9.10 Å². The first-order chi connectivity index (χ1) is 22.3. The largest absolute Gasteiger partial charge is 0.494 e. The number of nitrogens with zero attached hydrogens (tertiary/aromatic N) is 1. The molecule has 2 aliphatic rings. The number of carbonyl (C=O) groups excluding carboxylic acids is 1. The minimum absolute atomic E-state index is 0.0804. The monoisotopic (exact) mass is 686 g/mol. The standard InChI is InChI=1S/C34H35BF4N2O6S/c1-32(2)33(3,4)47-35(46-32)22-12-9-21(26(15-22)34(37,38)39)18-41(48(6,43)44)27-17-28-25(16-24(27)19-7-8-19)29(31(42)40-5)30(45-28)20-10-13-23(36)14-11-20/h9-17,19H,7-8,18H2,1-6H3,(H,40,42). The van der Waals surface area contributed by atoms with Crippen LogP contribution in [0.1, 0.15) is 73.5 Å². The van der Waals surface area contributed by atoms with E-state index in [1.54, 1.807) is 33.8 Å². The first-order valence-electron chi connectivity index (χ1n) is 15.4. The fourth-order valence-corrected chi connectivity index (χ4v) is 6.79. The highest BCUT2D eigenvalue weighted by atomic mass is 32.2. The number of furan rings is 1. The molecule has 0 spiro atoms. The molecule has 1 saturated heterocycles. The van der Waals surface area contributed by atoms with Crippen molar-refractivity contribution >= 4 is 45.2 Å². The minimum atomic E-state index is -4.82. The summed E-state index contributed by atoms with van der Waals surface area (Å²) in [5, 5.41) is 2.99. The molecule has 0 radical (unpaired) electrons. The molecule has 0 atom stereocenters. The Kier molecular flexibility index (Phi) is 8.24. The third-order valence-electron chi connectivity index (χ3n) is 9.36. The number of amides is 1. The maximum atomic E-state index is 14.6. The molecule has 8 nitrogen and oxygen atoms in total. The molecule has 1 saturated carbocycles.